The lowest BCUT2D eigenvalue weighted by atomic mass is 10.2. The average molecular weight is 431 g/mol. The Hall–Kier alpha value is -2.12. The van der Waals surface area contributed by atoms with Crippen molar-refractivity contribution in [3.8, 4) is 5.75 Å². The zero-order chi connectivity index (χ0) is 18.6. The minimum Gasteiger partial charge on any atom is -0.495 e. The van der Waals surface area contributed by atoms with Crippen molar-refractivity contribution in [3.05, 3.63) is 57.3 Å². The van der Waals surface area contributed by atoms with Crippen LogP contribution in [0.3, 0.4) is 0 Å². The molecule has 0 spiro atoms. The van der Waals surface area contributed by atoms with Gasteiger partial charge in [-0.2, -0.15) is 0 Å². The molecule has 0 heterocycles. The number of carbonyl (C=O) groups is 2. The third-order valence-corrected chi connectivity index (χ3v) is 4.11. The molecule has 0 aliphatic rings. The van der Waals surface area contributed by atoms with Gasteiger partial charge in [0.2, 0.25) is 0 Å². The van der Waals surface area contributed by atoms with E-state index in [0.717, 1.165) is 12.1 Å². The molecule has 8 heteroatoms. The molecule has 1 amide bonds. The first-order valence-electron chi connectivity index (χ1n) is 7.12. The summed E-state index contributed by atoms with van der Waals surface area (Å²) < 4.78 is 23.6. The lowest BCUT2D eigenvalue weighted by molar-refractivity contribution is -0.123. The van der Waals surface area contributed by atoms with Gasteiger partial charge in [-0.3, -0.25) is 4.79 Å². The highest BCUT2D eigenvalue weighted by Crippen LogP contribution is 2.28. The Morgan fingerprint density at radius 1 is 1.24 bits per heavy atom. The summed E-state index contributed by atoms with van der Waals surface area (Å²) in [4.78, 5) is 24.4. The van der Waals surface area contributed by atoms with Crippen LogP contribution in [-0.2, 0) is 9.53 Å². The first-order valence-corrected chi connectivity index (χ1v) is 8.29. The lowest BCUT2D eigenvalue weighted by Gasteiger charge is -2.15. The zero-order valence-corrected chi connectivity index (χ0v) is 15.7. The number of anilines is 1. The summed E-state index contributed by atoms with van der Waals surface area (Å²) in [5.74, 6) is -1.40. The summed E-state index contributed by atoms with van der Waals surface area (Å²) in [7, 11) is 1.45. The van der Waals surface area contributed by atoms with Gasteiger partial charge < -0.3 is 14.8 Å². The molecule has 5 nitrogen and oxygen atoms in total. The Kier molecular flexibility index (Phi) is 6.39. The number of nitrogens with one attached hydrogen (secondary N) is 1. The van der Waals surface area contributed by atoms with Gasteiger partial charge in [0.25, 0.3) is 5.91 Å². The molecule has 0 radical (unpaired) electrons. The molecule has 2 rings (SSSR count). The number of amides is 1. The fraction of sp³-hybridized carbons (Fsp3) is 0.176. The molecule has 0 saturated carbocycles. The van der Waals surface area contributed by atoms with Crippen LogP contribution in [0.5, 0.6) is 5.75 Å². The van der Waals surface area contributed by atoms with E-state index in [4.69, 9.17) is 21.1 Å². The van der Waals surface area contributed by atoms with Crippen molar-refractivity contribution in [2.45, 2.75) is 13.0 Å². The van der Waals surface area contributed by atoms with E-state index in [2.05, 4.69) is 21.2 Å². The Morgan fingerprint density at radius 3 is 2.60 bits per heavy atom. The molecule has 0 aliphatic heterocycles. The van der Waals surface area contributed by atoms with Gasteiger partial charge in [0.05, 0.1) is 18.4 Å². The van der Waals surface area contributed by atoms with Crippen LogP contribution in [0.4, 0.5) is 10.1 Å². The van der Waals surface area contributed by atoms with Gasteiger partial charge in [0, 0.05) is 9.50 Å². The van der Waals surface area contributed by atoms with Crippen LogP contribution in [0.25, 0.3) is 0 Å². The zero-order valence-electron chi connectivity index (χ0n) is 13.3. The lowest BCUT2D eigenvalue weighted by Crippen LogP contribution is -2.30. The number of benzene rings is 2. The summed E-state index contributed by atoms with van der Waals surface area (Å²) in [6, 6.07) is 8.27. The van der Waals surface area contributed by atoms with Gasteiger partial charge in [-0.15, -0.1) is 0 Å². The predicted octanol–water partition coefficient (Wildman–Crippen LogP) is 4.43. The molecule has 0 bridgehead atoms. The second-order valence-electron chi connectivity index (χ2n) is 5.01. The number of methoxy groups -OCH3 is 1. The number of halogens is 3. The van der Waals surface area contributed by atoms with Gasteiger partial charge in [-0.1, -0.05) is 11.6 Å². The summed E-state index contributed by atoms with van der Waals surface area (Å²) in [6.45, 7) is 1.42. The van der Waals surface area contributed by atoms with E-state index in [0.29, 0.717) is 16.5 Å². The van der Waals surface area contributed by atoms with Crippen LogP contribution in [0.2, 0.25) is 5.02 Å². The molecular weight excluding hydrogens is 417 g/mol. The third kappa shape index (κ3) is 4.93. The highest BCUT2D eigenvalue weighted by Gasteiger charge is 2.21. The fourth-order valence-corrected chi connectivity index (χ4v) is 2.63. The number of hydrogen-bond acceptors (Lipinski definition) is 4. The fourth-order valence-electron chi connectivity index (χ4n) is 1.94. The molecule has 132 valence electrons. The standard InChI is InChI=1S/C17H14BrClFNO4/c1-9(25-17(23)12-5-4-11(20)8-13(12)18)16(22)21-14-7-10(19)3-6-15(14)24-2/h3-9H,1-2H3,(H,21,22). The van der Waals surface area contributed by atoms with E-state index in [9.17, 15) is 14.0 Å². The number of esters is 1. The Bertz CT molecular complexity index is 815. The number of ether oxygens (including phenoxy) is 2. The Balaban J connectivity index is 2.07. The molecule has 0 aliphatic carbocycles. The molecule has 1 atom stereocenters. The van der Waals surface area contributed by atoms with Crippen LogP contribution >= 0.6 is 27.5 Å². The molecule has 25 heavy (non-hydrogen) atoms. The van der Waals surface area contributed by atoms with Crippen LogP contribution in [0, 0.1) is 5.82 Å². The number of rotatable bonds is 5. The molecular formula is C17H14BrClFNO4. The monoisotopic (exact) mass is 429 g/mol. The van der Waals surface area contributed by atoms with Crippen LogP contribution in [0.15, 0.2) is 40.9 Å². The minimum absolute atomic E-state index is 0.112. The van der Waals surface area contributed by atoms with E-state index >= 15 is 0 Å². The first-order chi connectivity index (χ1) is 11.8. The van der Waals surface area contributed by atoms with Crippen molar-refractivity contribution in [3.63, 3.8) is 0 Å². The maximum atomic E-state index is 13.1. The van der Waals surface area contributed by atoms with Gasteiger partial charge in [0.15, 0.2) is 6.10 Å². The Morgan fingerprint density at radius 2 is 1.96 bits per heavy atom. The SMILES string of the molecule is COc1ccc(Cl)cc1NC(=O)C(C)OC(=O)c1ccc(F)cc1Br. The summed E-state index contributed by atoms with van der Waals surface area (Å²) >= 11 is 8.99. The van der Waals surface area contributed by atoms with Crippen LogP contribution in [-0.4, -0.2) is 25.1 Å². The van der Waals surface area contributed by atoms with E-state index < -0.39 is 23.8 Å². The van der Waals surface area contributed by atoms with Crippen molar-refractivity contribution >= 4 is 45.1 Å². The number of carbonyl (C=O) groups excluding carboxylic acids is 2. The van der Waals surface area contributed by atoms with Crippen molar-refractivity contribution in [1.29, 1.82) is 0 Å². The topological polar surface area (TPSA) is 64.6 Å². The number of hydrogen-bond donors (Lipinski definition) is 1. The molecule has 1 unspecified atom stereocenters. The van der Waals surface area contributed by atoms with E-state index in [1.54, 1.807) is 12.1 Å². The molecule has 0 aromatic heterocycles. The molecule has 2 aromatic carbocycles. The normalized spacial score (nSPS) is 11.6. The maximum Gasteiger partial charge on any atom is 0.340 e. The average Bonchev–Trinajstić information content (AvgIpc) is 2.54. The second kappa shape index (κ2) is 8.31. The van der Waals surface area contributed by atoms with Crippen LogP contribution < -0.4 is 10.1 Å². The summed E-state index contributed by atoms with van der Waals surface area (Å²) in [6.07, 6.45) is -1.09. The van der Waals surface area contributed by atoms with E-state index in [1.165, 1.54) is 26.2 Å². The largest absolute Gasteiger partial charge is 0.495 e. The maximum absolute atomic E-state index is 13.1. The molecule has 2 aromatic rings. The summed E-state index contributed by atoms with van der Waals surface area (Å²) in [5.41, 5.74) is 0.465. The molecule has 1 N–H and O–H groups in total. The highest BCUT2D eigenvalue weighted by atomic mass is 79.9. The predicted molar refractivity (Wildman–Crippen MR) is 95.6 cm³/mol. The van der Waals surface area contributed by atoms with Crippen molar-refractivity contribution < 1.29 is 23.5 Å². The van der Waals surface area contributed by atoms with Crippen LogP contribution in [0.1, 0.15) is 17.3 Å². The van der Waals surface area contributed by atoms with Gasteiger partial charge in [-0.25, -0.2) is 9.18 Å². The molecule has 0 saturated heterocycles. The minimum atomic E-state index is -1.09. The van der Waals surface area contributed by atoms with Gasteiger partial charge in [0.1, 0.15) is 11.6 Å². The van der Waals surface area contributed by atoms with Gasteiger partial charge >= 0.3 is 5.97 Å². The van der Waals surface area contributed by atoms with Crippen molar-refractivity contribution in [2.75, 3.05) is 12.4 Å². The first kappa shape index (κ1) is 19.2. The van der Waals surface area contributed by atoms with Gasteiger partial charge in [-0.05, 0) is 59.3 Å². The van der Waals surface area contributed by atoms with Crippen molar-refractivity contribution in [2.24, 2.45) is 0 Å². The van der Waals surface area contributed by atoms with E-state index in [1.807, 2.05) is 0 Å². The smallest absolute Gasteiger partial charge is 0.340 e. The Labute approximate surface area is 157 Å². The quantitative estimate of drug-likeness (QED) is 0.713. The third-order valence-electron chi connectivity index (χ3n) is 3.22. The summed E-state index contributed by atoms with van der Waals surface area (Å²) in [5, 5.41) is 3.00. The van der Waals surface area contributed by atoms with Crippen molar-refractivity contribution in [1.82, 2.24) is 0 Å². The second-order valence-corrected chi connectivity index (χ2v) is 6.30. The highest BCUT2D eigenvalue weighted by molar-refractivity contribution is 9.10. The van der Waals surface area contributed by atoms with E-state index in [-0.39, 0.29) is 10.0 Å². The molecule has 0 fully saturated rings.